The molecule has 0 saturated heterocycles. The van der Waals surface area contributed by atoms with Crippen LogP contribution in [0.15, 0.2) is 54.6 Å². The predicted molar refractivity (Wildman–Crippen MR) is 113 cm³/mol. The summed E-state index contributed by atoms with van der Waals surface area (Å²) in [4.78, 5) is 20.0. The van der Waals surface area contributed by atoms with Crippen LogP contribution in [-0.4, -0.2) is 31.9 Å². The van der Waals surface area contributed by atoms with Crippen LogP contribution in [0, 0.1) is 0 Å². The third-order valence-electron chi connectivity index (χ3n) is 4.46. The summed E-state index contributed by atoms with van der Waals surface area (Å²) >= 11 is 1.70. The van der Waals surface area contributed by atoms with Crippen molar-refractivity contribution in [2.75, 3.05) is 18.1 Å². The van der Waals surface area contributed by atoms with Crippen LogP contribution in [0.2, 0.25) is 0 Å². The lowest BCUT2D eigenvalue weighted by Gasteiger charge is -2.22. The Hall–Kier alpha value is -3.10. The van der Waals surface area contributed by atoms with Crippen LogP contribution in [0.1, 0.15) is 23.8 Å². The summed E-state index contributed by atoms with van der Waals surface area (Å²) in [6, 6.07) is 17.9. The third kappa shape index (κ3) is 4.08. The highest BCUT2D eigenvalue weighted by Crippen LogP contribution is 2.25. The first-order valence-electron chi connectivity index (χ1n) is 8.97. The maximum absolute atomic E-state index is 5.92. The van der Waals surface area contributed by atoms with E-state index in [2.05, 4.69) is 31.2 Å². The lowest BCUT2D eigenvalue weighted by molar-refractivity contribution is 0.243. The molecule has 142 valence electrons. The second kappa shape index (κ2) is 7.87. The molecule has 4 rings (SSSR count). The van der Waals surface area contributed by atoms with Crippen molar-refractivity contribution < 1.29 is 0 Å². The van der Waals surface area contributed by atoms with E-state index in [1.54, 1.807) is 11.3 Å². The average molecular weight is 392 g/mol. The highest BCUT2D eigenvalue weighted by atomic mass is 32.1. The molecule has 0 spiro atoms. The fourth-order valence-electron chi connectivity index (χ4n) is 2.84. The summed E-state index contributed by atoms with van der Waals surface area (Å²) in [5.74, 6) is 1.26. The van der Waals surface area contributed by atoms with Crippen LogP contribution in [0.5, 0.6) is 0 Å². The molecule has 2 heterocycles. The summed E-state index contributed by atoms with van der Waals surface area (Å²) in [6.07, 6.45) is 0. The summed E-state index contributed by atoms with van der Waals surface area (Å²) in [5.41, 5.74) is 7.85. The molecule has 2 aromatic carbocycles. The van der Waals surface area contributed by atoms with Crippen molar-refractivity contribution in [2.24, 2.45) is 0 Å². The molecule has 28 heavy (non-hydrogen) atoms. The van der Waals surface area contributed by atoms with Crippen LogP contribution in [-0.2, 0) is 6.54 Å². The molecule has 4 aromatic rings. The summed E-state index contributed by atoms with van der Waals surface area (Å²) in [5, 5.41) is 4.23. The second-order valence-electron chi connectivity index (χ2n) is 6.53. The summed E-state index contributed by atoms with van der Waals surface area (Å²) in [7, 11) is 2.03. The fourth-order valence-corrected chi connectivity index (χ4v) is 3.87. The van der Waals surface area contributed by atoms with Crippen LogP contribution in [0.3, 0.4) is 0 Å². The molecule has 0 radical (unpaired) electrons. The van der Waals surface area contributed by atoms with Crippen LogP contribution >= 0.6 is 11.3 Å². The molecule has 0 fully saturated rings. The molecule has 8 heteroatoms. The molecular weight excluding hydrogens is 370 g/mol. The first kappa shape index (κ1) is 18.3. The zero-order valence-corrected chi connectivity index (χ0v) is 16.5. The first-order valence-corrected chi connectivity index (χ1v) is 9.78. The van der Waals surface area contributed by atoms with E-state index in [4.69, 9.17) is 10.7 Å². The van der Waals surface area contributed by atoms with E-state index >= 15 is 0 Å². The molecular formula is C20H21N7S. The van der Waals surface area contributed by atoms with E-state index in [0.717, 1.165) is 16.2 Å². The van der Waals surface area contributed by atoms with E-state index < -0.39 is 0 Å². The molecule has 0 aliphatic heterocycles. The molecule has 2 aromatic heterocycles. The molecule has 0 aliphatic carbocycles. The van der Waals surface area contributed by atoms with Crippen LogP contribution < -0.4 is 11.1 Å². The highest BCUT2D eigenvalue weighted by Gasteiger charge is 2.18. The number of nitrogens with two attached hydrogens (primary N) is 1. The van der Waals surface area contributed by atoms with E-state index in [0.29, 0.717) is 18.3 Å². The molecule has 7 nitrogen and oxygen atoms in total. The van der Waals surface area contributed by atoms with Crippen LogP contribution in [0.4, 0.5) is 17.6 Å². The van der Waals surface area contributed by atoms with Gasteiger partial charge in [-0.2, -0.15) is 15.0 Å². The van der Waals surface area contributed by atoms with Crippen molar-refractivity contribution >= 4 is 39.1 Å². The van der Waals surface area contributed by atoms with Gasteiger partial charge in [-0.05, 0) is 38.2 Å². The maximum Gasteiger partial charge on any atom is 0.232 e. The molecule has 0 aliphatic rings. The topological polar surface area (TPSA) is 92.8 Å². The van der Waals surface area contributed by atoms with E-state index in [1.807, 2.05) is 62.5 Å². The molecule has 0 saturated carbocycles. The Balaban J connectivity index is 1.52. The standard InChI is InChI=1S/C20H21N7S/c1-13(27(2)12-17-23-15-10-6-7-11-16(15)28-17)18-24-19(21)26-20(25-18)22-14-8-4-3-5-9-14/h3-11,13H,12H2,1-2H3,(H3,21,22,24,25,26)/t13-/m0/s1. The smallest absolute Gasteiger partial charge is 0.232 e. The molecule has 0 bridgehead atoms. The van der Waals surface area contributed by atoms with Crippen LogP contribution in [0.25, 0.3) is 10.2 Å². The van der Waals surface area contributed by atoms with Crippen molar-refractivity contribution in [2.45, 2.75) is 19.5 Å². The molecule has 1 atom stereocenters. The largest absolute Gasteiger partial charge is 0.368 e. The van der Waals surface area contributed by atoms with Crippen molar-refractivity contribution in [3.8, 4) is 0 Å². The second-order valence-corrected chi connectivity index (χ2v) is 7.65. The average Bonchev–Trinajstić information content (AvgIpc) is 3.10. The van der Waals surface area contributed by atoms with Gasteiger partial charge in [0, 0.05) is 5.69 Å². The number of hydrogen-bond acceptors (Lipinski definition) is 8. The van der Waals surface area contributed by atoms with Gasteiger partial charge in [0.25, 0.3) is 0 Å². The van der Waals surface area contributed by atoms with Gasteiger partial charge in [0.2, 0.25) is 11.9 Å². The zero-order valence-electron chi connectivity index (χ0n) is 15.7. The maximum atomic E-state index is 5.92. The Morgan fingerprint density at radius 3 is 2.54 bits per heavy atom. The Kier molecular flexibility index (Phi) is 5.14. The van der Waals surface area contributed by atoms with Gasteiger partial charge in [0.05, 0.1) is 22.8 Å². The SMILES string of the molecule is C[C@@H](c1nc(N)nc(Nc2ccccc2)n1)N(C)Cc1nc2ccccc2s1. The van der Waals surface area contributed by atoms with Gasteiger partial charge in [-0.25, -0.2) is 4.98 Å². The first-order chi connectivity index (χ1) is 13.6. The summed E-state index contributed by atoms with van der Waals surface area (Å²) in [6.45, 7) is 2.75. The Morgan fingerprint density at radius 1 is 1.00 bits per heavy atom. The number of anilines is 3. The quantitative estimate of drug-likeness (QED) is 0.513. The van der Waals surface area contributed by atoms with Gasteiger partial charge in [-0.3, -0.25) is 4.90 Å². The number of nitrogens with one attached hydrogen (secondary N) is 1. The molecule has 0 unspecified atom stereocenters. The Labute approximate surface area is 167 Å². The normalized spacial score (nSPS) is 12.4. The minimum absolute atomic E-state index is 0.0476. The fraction of sp³-hybridized carbons (Fsp3) is 0.200. The number of aromatic nitrogens is 4. The number of benzene rings is 2. The van der Waals surface area contributed by atoms with Gasteiger partial charge in [0.15, 0.2) is 5.82 Å². The lowest BCUT2D eigenvalue weighted by Crippen LogP contribution is -2.24. The van der Waals surface area contributed by atoms with E-state index in [1.165, 1.54) is 4.70 Å². The Morgan fingerprint density at radius 2 is 1.75 bits per heavy atom. The minimum atomic E-state index is -0.0476. The molecule has 0 amide bonds. The zero-order chi connectivity index (χ0) is 19.5. The van der Waals surface area contributed by atoms with Gasteiger partial charge in [0.1, 0.15) is 5.01 Å². The predicted octanol–water partition coefficient (Wildman–Crippen LogP) is 4.00. The minimum Gasteiger partial charge on any atom is -0.368 e. The Bertz CT molecular complexity index is 1050. The number of nitrogen functional groups attached to an aromatic ring is 1. The molecule has 3 N–H and O–H groups in total. The van der Waals surface area contributed by atoms with E-state index in [-0.39, 0.29) is 12.0 Å². The number of para-hydroxylation sites is 2. The number of fused-ring (bicyclic) bond motifs is 1. The number of rotatable bonds is 6. The van der Waals surface area contributed by atoms with Crippen molar-refractivity contribution in [3.05, 3.63) is 65.4 Å². The van der Waals surface area contributed by atoms with E-state index in [9.17, 15) is 0 Å². The van der Waals surface area contributed by atoms with Gasteiger partial charge in [-0.1, -0.05) is 30.3 Å². The third-order valence-corrected chi connectivity index (χ3v) is 5.48. The van der Waals surface area contributed by atoms with Gasteiger partial charge >= 0.3 is 0 Å². The monoisotopic (exact) mass is 391 g/mol. The number of thiazole rings is 1. The van der Waals surface area contributed by atoms with Gasteiger partial charge in [-0.15, -0.1) is 11.3 Å². The van der Waals surface area contributed by atoms with Gasteiger partial charge < -0.3 is 11.1 Å². The summed E-state index contributed by atoms with van der Waals surface area (Å²) < 4.78 is 1.19. The lowest BCUT2D eigenvalue weighted by atomic mass is 10.3. The number of nitrogens with zero attached hydrogens (tertiary/aromatic N) is 5. The number of hydrogen-bond donors (Lipinski definition) is 2. The van der Waals surface area contributed by atoms with Crippen molar-refractivity contribution in [1.29, 1.82) is 0 Å². The van der Waals surface area contributed by atoms with Crippen molar-refractivity contribution in [1.82, 2.24) is 24.8 Å². The van der Waals surface area contributed by atoms with Crippen molar-refractivity contribution in [3.63, 3.8) is 0 Å². The highest BCUT2D eigenvalue weighted by molar-refractivity contribution is 7.18.